The Balaban J connectivity index is 1.90. The lowest BCUT2D eigenvalue weighted by Crippen LogP contribution is -1.98. The fourth-order valence-corrected chi connectivity index (χ4v) is 3.42. The van der Waals surface area contributed by atoms with E-state index in [1.165, 1.54) is 52.8 Å². The van der Waals surface area contributed by atoms with Crippen molar-refractivity contribution < 1.29 is 28.1 Å². The molecule has 6 nitrogen and oxygen atoms in total. The molecule has 0 saturated carbocycles. The van der Waals surface area contributed by atoms with Gasteiger partial charge >= 0.3 is 0 Å². The number of ketones is 1. The van der Waals surface area contributed by atoms with Crippen LogP contribution in [0, 0.1) is 5.82 Å². The Morgan fingerprint density at radius 3 is 2.06 bits per heavy atom. The maximum Gasteiger partial charge on any atom is 0.203 e. The van der Waals surface area contributed by atoms with Crippen molar-refractivity contribution in [3.8, 4) is 23.0 Å². The molecule has 0 aliphatic carbocycles. The van der Waals surface area contributed by atoms with Gasteiger partial charge in [-0.05, 0) is 48.0 Å². The summed E-state index contributed by atoms with van der Waals surface area (Å²) in [4.78, 5) is 12.4. The number of rotatable bonds is 10. The number of hydrogen-bond acceptors (Lipinski definition) is 6. The average molecular weight is 498 g/mol. The van der Waals surface area contributed by atoms with E-state index >= 15 is 0 Å². The number of methoxy groups -OCH3 is 4. The van der Waals surface area contributed by atoms with E-state index in [-0.39, 0.29) is 11.5 Å². The zero-order valence-electron chi connectivity index (χ0n) is 19.7. The Morgan fingerprint density at radius 1 is 0.857 bits per heavy atom. The maximum absolute atomic E-state index is 14.5. The number of benzene rings is 3. The van der Waals surface area contributed by atoms with E-state index in [2.05, 4.69) is 5.32 Å². The first-order valence-electron chi connectivity index (χ1n) is 10.5. The highest BCUT2D eigenvalue weighted by molar-refractivity contribution is 6.30. The van der Waals surface area contributed by atoms with Crippen LogP contribution in [0.1, 0.15) is 21.5 Å². The van der Waals surface area contributed by atoms with Crippen LogP contribution in [0.2, 0.25) is 5.02 Å². The van der Waals surface area contributed by atoms with Crippen LogP contribution in [-0.4, -0.2) is 34.2 Å². The van der Waals surface area contributed by atoms with Crippen LogP contribution in [0.3, 0.4) is 0 Å². The molecule has 35 heavy (non-hydrogen) atoms. The van der Waals surface area contributed by atoms with E-state index in [9.17, 15) is 9.18 Å². The predicted molar refractivity (Wildman–Crippen MR) is 137 cm³/mol. The van der Waals surface area contributed by atoms with Gasteiger partial charge in [-0.25, -0.2) is 4.39 Å². The molecule has 8 heteroatoms. The standard InChI is InChI=1S/C27H25ClFNO5/c1-32-24-16-22(30-12-11-23(31)18-7-9-20(28)10-8-18)19(15-21(24)29)6-5-17-13-25(33-2)27(35-4)26(14-17)34-3/h5-16,30H,1-4H3/b6-5-,12-11-. The molecule has 1 N–H and O–H groups in total. The van der Waals surface area contributed by atoms with Gasteiger partial charge in [0.1, 0.15) is 0 Å². The monoisotopic (exact) mass is 497 g/mol. The molecule has 0 aliphatic rings. The molecular weight excluding hydrogens is 473 g/mol. The summed E-state index contributed by atoms with van der Waals surface area (Å²) in [5.74, 6) is 0.792. The normalized spacial score (nSPS) is 11.0. The van der Waals surface area contributed by atoms with Crippen molar-refractivity contribution in [3.05, 3.63) is 88.3 Å². The van der Waals surface area contributed by atoms with Crippen molar-refractivity contribution >= 4 is 35.2 Å². The molecule has 0 fully saturated rings. The van der Waals surface area contributed by atoms with E-state index in [1.807, 2.05) is 0 Å². The highest BCUT2D eigenvalue weighted by Crippen LogP contribution is 2.39. The molecule has 0 heterocycles. The molecule has 0 aromatic heterocycles. The predicted octanol–water partition coefficient (Wildman–Crippen LogP) is 6.49. The third-order valence-electron chi connectivity index (χ3n) is 5.07. The summed E-state index contributed by atoms with van der Waals surface area (Å²) in [5, 5.41) is 3.58. The third kappa shape index (κ3) is 6.33. The van der Waals surface area contributed by atoms with Crippen LogP contribution in [0.15, 0.2) is 60.8 Å². The number of ether oxygens (including phenoxy) is 4. The molecule has 0 radical (unpaired) electrons. The van der Waals surface area contributed by atoms with Gasteiger partial charge in [-0.3, -0.25) is 4.79 Å². The molecule has 3 rings (SSSR count). The van der Waals surface area contributed by atoms with Gasteiger partial charge in [-0.1, -0.05) is 23.8 Å². The first-order chi connectivity index (χ1) is 16.9. The number of carbonyl (C=O) groups is 1. The molecule has 0 bridgehead atoms. The lowest BCUT2D eigenvalue weighted by Gasteiger charge is -2.13. The van der Waals surface area contributed by atoms with E-state index < -0.39 is 5.82 Å². The van der Waals surface area contributed by atoms with Crippen molar-refractivity contribution in [2.75, 3.05) is 33.8 Å². The fourth-order valence-electron chi connectivity index (χ4n) is 3.29. The Kier molecular flexibility index (Phi) is 8.75. The van der Waals surface area contributed by atoms with Crippen molar-refractivity contribution in [2.24, 2.45) is 0 Å². The van der Waals surface area contributed by atoms with Crippen LogP contribution in [-0.2, 0) is 0 Å². The topological polar surface area (TPSA) is 66.0 Å². The molecule has 182 valence electrons. The maximum atomic E-state index is 14.5. The minimum atomic E-state index is -0.524. The van der Waals surface area contributed by atoms with Gasteiger partial charge in [-0.2, -0.15) is 0 Å². The average Bonchev–Trinajstić information content (AvgIpc) is 2.87. The summed E-state index contributed by atoms with van der Waals surface area (Å²) in [5.41, 5.74) is 2.30. The SMILES string of the molecule is COc1cc(N/C=C\C(=O)c2ccc(Cl)cc2)c(/C=C\c2cc(OC)c(OC)c(OC)c2)cc1F. The van der Waals surface area contributed by atoms with E-state index in [4.69, 9.17) is 30.5 Å². The molecular formula is C27H25ClFNO5. The van der Waals surface area contributed by atoms with Gasteiger partial charge < -0.3 is 24.3 Å². The van der Waals surface area contributed by atoms with Crippen LogP contribution >= 0.6 is 11.6 Å². The number of allylic oxidation sites excluding steroid dienone is 1. The van der Waals surface area contributed by atoms with Crippen LogP contribution in [0.5, 0.6) is 23.0 Å². The number of nitrogens with one attached hydrogen (secondary N) is 1. The highest BCUT2D eigenvalue weighted by atomic mass is 35.5. The molecule has 0 spiro atoms. The molecule has 3 aromatic carbocycles. The Labute approximate surface area is 208 Å². The van der Waals surface area contributed by atoms with Gasteiger partial charge in [-0.15, -0.1) is 0 Å². The summed E-state index contributed by atoms with van der Waals surface area (Å²) >= 11 is 5.87. The Morgan fingerprint density at radius 2 is 1.49 bits per heavy atom. The summed E-state index contributed by atoms with van der Waals surface area (Å²) in [6.45, 7) is 0. The van der Waals surface area contributed by atoms with Gasteiger partial charge in [0.05, 0.1) is 28.4 Å². The fraction of sp³-hybridized carbons (Fsp3) is 0.148. The largest absolute Gasteiger partial charge is 0.494 e. The third-order valence-corrected chi connectivity index (χ3v) is 5.32. The minimum Gasteiger partial charge on any atom is -0.494 e. The van der Waals surface area contributed by atoms with E-state index in [0.29, 0.717) is 39.1 Å². The van der Waals surface area contributed by atoms with E-state index in [1.54, 1.807) is 48.6 Å². The molecule has 0 saturated heterocycles. The molecule has 0 atom stereocenters. The Bertz CT molecular complexity index is 1230. The molecule has 3 aromatic rings. The summed E-state index contributed by atoms with van der Waals surface area (Å²) in [6, 6.07) is 13.0. The quantitative estimate of drug-likeness (QED) is 0.196. The summed E-state index contributed by atoms with van der Waals surface area (Å²) in [6.07, 6.45) is 6.37. The summed E-state index contributed by atoms with van der Waals surface area (Å²) < 4.78 is 35.7. The first kappa shape index (κ1) is 25.6. The number of carbonyl (C=O) groups excluding carboxylic acids is 1. The van der Waals surface area contributed by atoms with Crippen molar-refractivity contribution in [2.45, 2.75) is 0 Å². The Hall–Kier alpha value is -3.97. The van der Waals surface area contributed by atoms with E-state index in [0.717, 1.165) is 5.56 Å². The second kappa shape index (κ2) is 11.9. The molecule has 0 unspecified atom stereocenters. The molecule has 0 amide bonds. The minimum absolute atomic E-state index is 0.0647. The first-order valence-corrected chi connectivity index (χ1v) is 10.9. The highest BCUT2D eigenvalue weighted by Gasteiger charge is 2.13. The van der Waals surface area contributed by atoms with Crippen molar-refractivity contribution in [1.29, 1.82) is 0 Å². The van der Waals surface area contributed by atoms with Gasteiger partial charge in [0.25, 0.3) is 0 Å². The van der Waals surface area contributed by atoms with Crippen LogP contribution < -0.4 is 24.3 Å². The van der Waals surface area contributed by atoms with Crippen molar-refractivity contribution in [3.63, 3.8) is 0 Å². The lowest BCUT2D eigenvalue weighted by molar-refractivity contribution is 0.104. The number of hydrogen-bond donors (Lipinski definition) is 1. The van der Waals surface area contributed by atoms with Crippen LogP contribution in [0.25, 0.3) is 12.2 Å². The van der Waals surface area contributed by atoms with Gasteiger partial charge in [0.2, 0.25) is 5.75 Å². The zero-order chi connectivity index (χ0) is 25.4. The summed E-state index contributed by atoms with van der Waals surface area (Å²) in [7, 11) is 5.97. The molecule has 0 aliphatic heterocycles. The second-order valence-corrected chi connectivity index (χ2v) is 7.65. The zero-order valence-corrected chi connectivity index (χ0v) is 20.5. The number of anilines is 1. The van der Waals surface area contributed by atoms with Gasteiger partial charge in [0.15, 0.2) is 28.8 Å². The lowest BCUT2D eigenvalue weighted by atomic mass is 10.1. The van der Waals surface area contributed by atoms with Crippen LogP contribution in [0.4, 0.5) is 10.1 Å². The number of halogens is 2. The second-order valence-electron chi connectivity index (χ2n) is 7.21. The van der Waals surface area contributed by atoms with Gasteiger partial charge in [0, 0.05) is 40.2 Å². The van der Waals surface area contributed by atoms with Crippen molar-refractivity contribution in [1.82, 2.24) is 0 Å². The smallest absolute Gasteiger partial charge is 0.203 e.